The van der Waals surface area contributed by atoms with Crippen molar-refractivity contribution >= 4 is 8.32 Å². The molecule has 1 saturated heterocycles. The third kappa shape index (κ3) is 3.54. The molecule has 5 heteroatoms. The second-order valence-corrected chi connectivity index (χ2v) is 11.4. The topological polar surface area (TPSA) is 36.9 Å². The van der Waals surface area contributed by atoms with Crippen LogP contribution in [0.25, 0.3) is 0 Å². The van der Waals surface area contributed by atoms with Gasteiger partial charge in [-0.25, -0.2) is 0 Å². The standard InChI is InChI=1S/C13H28O4Si/c1-10-11(17-13(5,14-6)16-10)9-15-18(7,8)12(2,3)4/h10-11H,9H2,1-8H3/t10-,11-,13?/m1/s1. The van der Waals surface area contributed by atoms with Crippen molar-refractivity contribution in [1.82, 2.24) is 0 Å². The summed E-state index contributed by atoms with van der Waals surface area (Å²) in [5.74, 6) is -0.930. The third-order valence-corrected chi connectivity index (χ3v) is 8.58. The maximum atomic E-state index is 6.16. The summed E-state index contributed by atoms with van der Waals surface area (Å²) in [4.78, 5) is 0. The quantitative estimate of drug-likeness (QED) is 0.739. The van der Waals surface area contributed by atoms with Crippen molar-refractivity contribution in [1.29, 1.82) is 0 Å². The lowest BCUT2D eigenvalue weighted by atomic mass is 10.2. The molecule has 0 N–H and O–H groups in total. The van der Waals surface area contributed by atoms with Crippen molar-refractivity contribution in [3.8, 4) is 0 Å². The number of methoxy groups -OCH3 is 1. The van der Waals surface area contributed by atoms with Crippen LogP contribution < -0.4 is 0 Å². The highest BCUT2D eigenvalue weighted by Gasteiger charge is 2.45. The Bertz CT molecular complexity index is 287. The highest BCUT2D eigenvalue weighted by Crippen LogP contribution is 2.37. The van der Waals surface area contributed by atoms with Gasteiger partial charge in [-0.1, -0.05) is 20.8 Å². The van der Waals surface area contributed by atoms with Gasteiger partial charge in [0.1, 0.15) is 6.10 Å². The molecule has 1 aliphatic rings. The summed E-state index contributed by atoms with van der Waals surface area (Å²) in [6.07, 6.45) is -0.0798. The van der Waals surface area contributed by atoms with E-state index in [1.807, 2.05) is 6.92 Å². The molecular weight excluding hydrogens is 248 g/mol. The van der Waals surface area contributed by atoms with Crippen LogP contribution >= 0.6 is 0 Å². The van der Waals surface area contributed by atoms with Gasteiger partial charge in [-0.05, 0) is 25.1 Å². The molecule has 3 atom stereocenters. The van der Waals surface area contributed by atoms with Crippen LogP contribution in [0.2, 0.25) is 18.1 Å². The molecular formula is C13H28O4Si. The highest BCUT2D eigenvalue weighted by atomic mass is 28.4. The van der Waals surface area contributed by atoms with Gasteiger partial charge in [0, 0.05) is 14.0 Å². The lowest BCUT2D eigenvalue weighted by Gasteiger charge is -2.37. The zero-order chi connectivity index (χ0) is 14.2. The normalized spacial score (nSPS) is 34.0. The van der Waals surface area contributed by atoms with E-state index in [2.05, 4.69) is 33.9 Å². The van der Waals surface area contributed by atoms with Crippen LogP contribution in [-0.2, 0) is 18.6 Å². The fraction of sp³-hybridized carbons (Fsp3) is 1.00. The Balaban J connectivity index is 2.55. The summed E-state index contributed by atoms with van der Waals surface area (Å²) < 4.78 is 22.8. The van der Waals surface area contributed by atoms with E-state index in [-0.39, 0.29) is 17.2 Å². The van der Waals surface area contributed by atoms with Crippen LogP contribution in [0.4, 0.5) is 0 Å². The van der Waals surface area contributed by atoms with E-state index in [4.69, 9.17) is 18.6 Å². The van der Waals surface area contributed by atoms with Crippen LogP contribution in [0.15, 0.2) is 0 Å². The molecule has 0 aromatic carbocycles. The minimum atomic E-state index is -1.73. The lowest BCUT2D eigenvalue weighted by molar-refractivity contribution is -0.318. The van der Waals surface area contributed by atoms with Crippen LogP contribution in [0.5, 0.6) is 0 Å². The van der Waals surface area contributed by atoms with E-state index in [1.54, 1.807) is 14.0 Å². The van der Waals surface area contributed by atoms with Crippen molar-refractivity contribution in [2.24, 2.45) is 0 Å². The molecule has 0 aromatic heterocycles. The molecule has 1 aliphatic heterocycles. The molecule has 0 aliphatic carbocycles. The Kier molecular flexibility index (Phi) is 4.66. The number of hydrogen-bond donors (Lipinski definition) is 0. The van der Waals surface area contributed by atoms with Crippen molar-refractivity contribution in [2.45, 2.75) is 70.9 Å². The fourth-order valence-electron chi connectivity index (χ4n) is 1.58. The van der Waals surface area contributed by atoms with Crippen LogP contribution in [-0.4, -0.2) is 40.2 Å². The number of ether oxygens (including phenoxy) is 3. The molecule has 0 amide bonds. The summed E-state index contributed by atoms with van der Waals surface area (Å²) in [6.45, 7) is 15.5. The van der Waals surface area contributed by atoms with E-state index in [0.29, 0.717) is 6.61 Å². The monoisotopic (exact) mass is 276 g/mol. The molecule has 18 heavy (non-hydrogen) atoms. The van der Waals surface area contributed by atoms with Gasteiger partial charge in [0.25, 0.3) is 5.97 Å². The summed E-state index contributed by atoms with van der Waals surface area (Å²) in [6, 6.07) is 0. The first-order chi connectivity index (χ1) is 8.01. The second kappa shape index (κ2) is 5.21. The molecule has 1 unspecified atom stereocenters. The predicted octanol–water partition coefficient (Wildman–Crippen LogP) is 3.13. The largest absolute Gasteiger partial charge is 0.414 e. The first-order valence-electron chi connectivity index (χ1n) is 6.55. The van der Waals surface area contributed by atoms with Crippen molar-refractivity contribution in [3.05, 3.63) is 0 Å². The van der Waals surface area contributed by atoms with E-state index >= 15 is 0 Å². The molecule has 0 saturated carbocycles. The summed E-state index contributed by atoms with van der Waals surface area (Å²) in [5, 5.41) is 0.209. The smallest absolute Gasteiger partial charge is 0.280 e. The van der Waals surface area contributed by atoms with Crippen LogP contribution in [0.1, 0.15) is 34.6 Å². The van der Waals surface area contributed by atoms with Gasteiger partial charge in [-0.15, -0.1) is 0 Å². The third-order valence-electron chi connectivity index (χ3n) is 4.07. The molecule has 1 fully saturated rings. The maximum absolute atomic E-state index is 6.16. The second-order valence-electron chi connectivity index (χ2n) is 6.62. The van der Waals surface area contributed by atoms with Gasteiger partial charge < -0.3 is 18.6 Å². The Morgan fingerprint density at radius 2 is 1.78 bits per heavy atom. The molecule has 0 aromatic rings. The highest BCUT2D eigenvalue weighted by molar-refractivity contribution is 6.74. The Morgan fingerprint density at radius 1 is 1.22 bits per heavy atom. The van der Waals surface area contributed by atoms with Gasteiger partial charge >= 0.3 is 0 Å². The minimum Gasteiger partial charge on any atom is -0.414 e. The minimum absolute atomic E-state index is 0.0141. The number of rotatable bonds is 4. The summed E-state index contributed by atoms with van der Waals surface area (Å²) >= 11 is 0. The average Bonchev–Trinajstić information content (AvgIpc) is 2.50. The zero-order valence-electron chi connectivity index (χ0n) is 13.0. The molecule has 4 nitrogen and oxygen atoms in total. The zero-order valence-corrected chi connectivity index (χ0v) is 14.0. The van der Waals surface area contributed by atoms with E-state index in [9.17, 15) is 0 Å². The van der Waals surface area contributed by atoms with Gasteiger partial charge in [0.05, 0.1) is 12.7 Å². The molecule has 1 heterocycles. The van der Waals surface area contributed by atoms with Gasteiger partial charge in [0.2, 0.25) is 0 Å². The van der Waals surface area contributed by atoms with Crippen LogP contribution in [0.3, 0.4) is 0 Å². The maximum Gasteiger partial charge on any atom is 0.280 e. The van der Waals surface area contributed by atoms with Crippen LogP contribution in [0, 0.1) is 0 Å². The van der Waals surface area contributed by atoms with E-state index in [0.717, 1.165) is 0 Å². The SMILES string of the molecule is COC1(C)O[C@H](C)[C@@H](CO[Si](C)(C)C(C)(C)C)O1. The molecule has 0 radical (unpaired) electrons. The Morgan fingerprint density at radius 3 is 2.17 bits per heavy atom. The van der Waals surface area contributed by atoms with Gasteiger partial charge in [-0.3, -0.25) is 0 Å². The average molecular weight is 276 g/mol. The van der Waals surface area contributed by atoms with E-state index in [1.165, 1.54) is 0 Å². The predicted molar refractivity (Wildman–Crippen MR) is 74.0 cm³/mol. The lowest BCUT2D eigenvalue weighted by Crippen LogP contribution is -2.43. The number of hydrogen-bond acceptors (Lipinski definition) is 4. The Labute approximate surface area is 112 Å². The summed E-state index contributed by atoms with van der Waals surface area (Å²) in [7, 11) is -0.148. The van der Waals surface area contributed by atoms with Gasteiger partial charge in [0.15, 0.2) is 8.32 Å². The van der Waals surface area contributed by atoms with Crippen molar-refractivity contribution < 1.29 is 18.6 Å². The summed E-state index contributed by atoms with van der Waals surface area (Å²) in [5.41, 5.74) is 0. The van der Waals surface area contributed by atoms with Gasteiger partial charge in [-0.2, -0.15) is 0 Å². The van der Waals surface area contributed by atoms with Crippen molar-refractivity contribution in [3.63, 3.8) is 0 Å². The first-order valence-corrected chi connectivity index (χ1v) is 9.46. The molecule has 1 rings (SSSR count). The van der Waals surface area contributed by atoms with E-state index < -0.39 is 14.3 Å². The van der Waals surface area contributed by atoms with Crippen molar-refractivity contribution in [2.75, 3.05) is 13.7 Å². The molecule has 108 valence electrons. The first kappa shape index (κ1) is 16.1. The molecule has 0 spiro atoms. The molecule has 0 bridgehead atoms. The Hall–Kier alpha value is 0.0569. The fourth-order valence-corrected chi connectivity index (χ4v) is 2.60.